The number of allylic oxidation sites excluding steroid dienone is 7. The highest BCUT2D eigenvalue weighted by Gasteiger charge is 2.59. The minimum Gasteiger partial charge on any atom is -0.394 e. The number of fused-ring (bicyclic) bond motifs is 1. The Labute approximate surface area is 204 Å². The minimum absolute atomic E-state index is 0.102. The monoisotopic (exact) mass is 471 g/mol. The molecule has 6 nitrogen and oxygen atoms in total. The average molecular weight is 472 g/mol. The van der Waals surface area contributed by atoms with Crippen molar-refractivity contribution in [3.8, 4) is 0 Å². The summed E-state index contributed by atoms with van der Waals surface area (Å²) < 4.78 is 5.30. The van der Waals surface area contributed by atoms with Crippen LogP contribution in [0.15, 0.2) is 60.3 Å². The summed E-state index contributed by atoms with van der Waals surface area (Å²) in [5.74, 6) is 0.800. The van der Waals surface area contributed by atoms with E-state index in [1.54, 1.807) is 18.2 Å². The molecule has 0 saturated carbocycles. The van der Waals surface area contributed by atoms with Crippen molar-refractivity contribution in [3.05, 3.63) is 60.3 Å². The van der Waals surface area contributed by atoms with Crippen LogP contribution in [0.25, 0.3) is 0 Å². The van der Waals surface area contributed by atoms with E-state index in [4.69, 9.17) is 4.74 Å². The van der Waals surface area contributed by atoms with Crippen LogP contribution in [0.1, 0.15) is 53.9 Å². The molecule has 1 aliphatic heterocycles. The molecule has 1 saturated heterocycles. The van der Waals surface area contributed by atoms with Crippen LogP contribution in [-0.2, 0) is 14.3 Å². The summed E-state index contributed by atoms with van der Waals surface area (Å²) in [5, 5.41) is 22.9. The maximum absolute atomic E-state index is 12.2. The summed E-state index contributed by atoms with van der Waals surface area (Å²) in [6.07, 6.45) is 17.3. The zero-order chi connectivity index (χ0) is 25.3. The summed E-state index contributed by atoms with van der Waals surface area (Å²) >= 11 is 0. The number of nitrogens with one attached hydrogen (secondary N) is 1. The molecule has 6 atom stereocenters. The van der Waals surface area contributed by atoms with Crippen molar-refractivity contribution in [2.45, 2.75) is 77.7 Å². The Morgan fingerprint density at radius 1 is 1.21 bits per heavy atom. The molecule has 34 heavy (non-hydrogen) atoms. The fourth-order valence-corrected chi connectivity index (χ4v) is 4.63. The van der Waals surface area contributed by atoms with Crippen molar-refractivity contribution in [1.29, 1.82) is 0 Å². The van der Waals surface area contributed by atoms with E-state index in [2.05, 4.69) is 52.1 Å². The molecule has 0 aromatic heterocycles. The first-order chi connectivity index (χ1) is 16.0. The highest BCUT2D eigenvalue weighted by atomic mass is 16.6. The molecule has 2 aliphatic rings. The molecule has 0 aromatic rings. The van der Waals surface area contributed by atoms with Gasteiger partial charge in [0.2, 0.25) is 5.91 Å². The highest BCUT2D eigenvalue weighted by Crippen LogP contribution is 2.40. The SMILES string of the molecule is C/C(=C\C(C)C)CC(C)CC(C)/C=C/C=C/C=C/C(=O)NC(CO)CC1(O)C(=O)C=CC2OC21. The van der Waals surface area contributed by atoms with Crippen molar-refractivity contribution in [2.24, 2.45) is 17.8 Å². The Morgan fingerprint density at radius 2 is 1.91 bits per heavy atom. The summed E-state index contributed by atoms with van der Waals surface area (Å²) in [7, 11) is 0. The number of hydrogen-bond acceptors (Lipinski definition) is 5. The number of epoxide rings is 1. The zero-order valence-corrected chi connectivity index (χ0v) is 21.1. The first-order valence-corrected chi connectivity index (χ1v) is 12.3. The average Bonchev–Trinajstić information content (AvgIpc) is 3.53. The van der Waals surface area contributed by atoms with Crippen molar-refractivity contribution in [2.75, 3.05) is 6.61 Å². The third-order valence-corrected chi connectivity index (χ3v) is 6.07. The largest absolute Gasteiger partial charge is 0.394 e. The number of ether oxygens (including phenoxy) is 1. The third-order valence-electron chi connectivity index (χ3n) is 6.07. The van der Waals surface area contributed by atoms with Crippen LogP contribution >= 0.6 is 0 Å². The van der Waals surface area contributed by atoms with E-state index >= 15 is 0 Å². The Morgan fingerprint density at radius 3 is 2.59 bits per heavy atom. The van der Waals surface area contributed by atoms with Gasteiger partial charge in [0.1, 0.15) is 12.2 Å². The molecule has 1 heterocycles. The van der Waals surface area contributed by atoms with Crippen LogP contribution in [-0.4, -0.2) is 52.4 Å². The van der Waals surface area contributed by atoms with Gasteiger partial charge in [0, 0.05) is 12.5 Å². The third kappa shape index (κ3) is 8.82. The molecule has 0 spiro atoms. The lowest BCUT2D eigenvalue weighted by atomic mass is 9.82. The van der Waals surface area contributed by atoms with Crippen LogP contribution in [0.3, 0.4) is 0 Å². The molecule has 2 rings (SSSR count). The van der Waals surface area contributed by atoms with Gasteiger partial charge in [0.05, 0.1) is 12.6 Å². The smallest absolute Gasteiger partial charge is 0.244 e. The number of carbonyl (C=O) groups excluding carboxylic acids is 2. The van der Waals surface area contributed by atoms with Gasteiger partial charge in [-0.3, -0.25) is 9.59 Å². The van der Waals surface area contributed by atoms with E-state index in [1.165, 1.54) is 17.7 Å². The highest BCUT2D eigenvalue weighted by molar-refractivity contribution is 5.99. The Kier molecular flexibility index (Phi) is 10.7. The van der Waals surface area contributed by atoms with Gasteiger partial charge in [0.15, 0.2) is 11.4 Å². The second-order valence-corrected chi connectivity index (χ2v) is 10.2. The standard InChI is InChI=1S/C28H41NO5/c1-19(2)14-21(4)16-22(5)15-20(3)10-8-6-7-9-11-26(32)29-23(18-30)17-28(33)25(31)13-12-24-27(28)34-24/h6-14,19-20,22-24,27,30,33H,15-18H2,1-5H3,(H,29,32)/b7-6+,10-8+,11-9+,21-14+. The summed E-state index contributed by atoms with van der Waals surface area (Å²) in [4.78, 5) is 24.3. The van der Waals surface area contributed by atoms with Gasteiger partial charge in [0.25, 0.3) is 0 Å². The van der Waals surface area contributed by atoms with Crippen molar-refractivity contribution in [1.82, 2.24) is 5.32 Å². The lowest BCUT2D eigenvalue weighted by Gasteiger charge is -2.29. The number of amides is 1. The number of aliphatic hydroxyl groups excluding tert-OH is 1. The van der Waals surface area contributed by atoms with Gasteiger partial charge in [-0.1, -0.05) is 69.7 Å². The molecule has 1 fully saturated rings. The van der Waals surface area contributed by atoms with Gasteiger partial charge in [-0.2, -0.15) is 0 Å². The minimum atomic E-state index is -1.72. The van der Waals surface area contributed by atoms with Crippen LogP contribution in [0.4, 0.5) is 0 Å². The lowest BCUT2D eigenvalue weighted by Crippen LogP contribution is -2.52. The maximum Gasteiger partial charge on any atom is 0.244 e. The summed E-state index contributed by atoms with van der Waals surface area (Å²) in [5.41, 5.74) is -0.265. The summed E-state index contributed by atoms with van der Waals surface area (Å²) in [6, 6.07) is -0.756. The first kappa shape index (κ1) is 28.0. The number of hydrogen-bond donors (Lipinski definition) is 3. The van der Waals surface area contributed by atoms with Crippen molar-refractivity contribution >= 4 is 11.7 Å². The molecule has 0 bridgehead atoms. The van der Waals surface area contributed by atoms with Gasteiger partial charge in [-0.05, 0) is 49.7 Å². The quantitative estimate of drug-likeness (QED) is 0.164. The molecule has 1 aliphatic carbocycles. The van der Waals surface area contributed by atoms with E-state index in [9.17, 15) is 19.8 Å². The molecular weight excluding hydrogens is 430 g/mol. The molecule has 0 radical (unpaired) electrons. The molecule has 3 N–H and O–H groups in total. The van der Waals surface area contributed by atoms with E-state index in [1.807, 2.05) is 12.2 Å². The fourth-order valence-electron chi connectivity index (χ4n) is 4.63. The predicted molar refractivity (Wildman–Crippen MR) is 135 cm³/mol. The molecular formula is C28H41NO5. The van der Waals surface area contributed by atoms with Crippen LogP contribution < -0.4 is 5.32 Å². The summed E-state index contributed by atoms with van der Waals surface area (Å²) in [6.45, 7) is 10.7. The van der Waals surface area contributed by atoms with E-state index < -0.39 is 36.0 Å². The molecule has 1 amide bonds. The molecule has 188 valence electrons. The normalized spacial score (nSPS) is 27.5. The van der Waals surface area contributed by atoms with Crippen molar-refractivity contribution in [3.63, 3.8) is 0 Å². The first-order valence-electron chi connectivity index (χ1n) is 12.3. The Bertz CT molecular complexity index is 853. The topological polar surface area (TPSA) is 99.2 Å². The fraction of sp³-hybridized carbons (Fsp3) is 0.571. The molecule has 6 heteroatoms. The van der Waals surface area contributed by atoms with E-state index in [0.29, 0.717) is 17.8 Å². The van der Waals surface area contributed by atoms with E-state index in [-0.39, 0.29) is 12.5 Å². The molecule has 6 unspecified atom stereocenters. The second kappa shape index (κ2) is 13.0. The van der Waals surface area contributed by atoms with Gasteiger partial charge >= 0.3 is 0 Å². The van der Waals surface area contributed by atoms with Gasteiger partial charge < -0.3 is 20.3 Å². The Balaban J connectivity index is 1.74. The Hall–Kier alpha value is -2.28. The lowest BCUT2D eigenvalue weighted by molar-refractivity contribution is -0.137. The number of rotatable bonds is 13. The van der Waals surface area contributed by atoms with Crippen molar-refractivity contribution < 1.29 is 24.5 Å². The van der Waals surface area contributed by atoms with Crippen LogP contribution in [0.2, 0.25) is 0 Å². The predicted octanol–water partition coefficient (Wildman–Crippen LogP) is 3.81. The van der Waals surface area contributed by atoms with Gasteiger partial charge in [-0.25, -0.2) is 0 Å². The molecule has 0 aromatic carbocycles. The zero-order valence-electron chi connectivity index (χ0n) is 21.1. The number of ketones is 1. The van der Waals surface area contributed by atoms with Gasteiger partial charge in [-0.15, -0.1) is 0 Å². The van der Waals surface area contributed by atoms with E-state index in [0.717, 1.165) is 12.8 Å². The maximum atomic E-state index is 12.2. The van der Waals surface area contributed by atoms with Crippen LogP contribution in [0.5, 0.6) is 0 Å². The number of carbonyl (C=O) groups is 2. The van der Waals surface area contributed by atoms with Crippen LogP contribution in [0, 0.1) is 17.8 Å². The second-order valence-electron chi connectivity index (χ2n) is 10.2. The number of aliphatic hydroxyl groups is 2.